The first-order valence-corrected chi connectivity index (χ1v) is 18.0. The van der Waals surface area contributed by atoms with Crippen molar-refractivity contribution in [2.24, 2.45) is 0 Å². The highest BCUT2D eigenvalue weighted by atomic mass is 32.2. The first-order chi connectivity index (χ1) is 23.5. The number of anilines is 1. The molecule has 2 aromatic rings. The molecule has 2 aliphatic rings. The van der Waals surface area contributed by atoms with Crippen molar-refractivity contribution < 1.29 is 33.4 Å². The van der Waals surface area contributed by atoms with E-state index in [0.717, 1.165) is 36.0 Å². The third-order valence-corrected chi connectivity index (χ3v) is 10.6. The summed E-state index contributed by atoms with van der Waals surface area (Å²) in [5.41, 5.74) is 9.92. The van der Waals surface area contributed by atoms with Crippen molar-refractivity contribution in [3.8, 4) is 0 Å². The van der Waals surface area contributed by atoms with E-state index < -0.39 is 46.4 Å². The second-order valence-corrected chi connectivity index (χ2v) is 16.2. The zero-order chi connectivity index (χ0) is 36.8. The van der Waals surface area contributed by atoms with E-state index in [9.17, 15) is 24.0 Å². The fraction of sp³-hybridized carbons (Fsp3) is 0.541. The van der Waals surface area contributed by atoms with Gasteiger partial charge in [0.15, 0.2) is 0 Å². The SMILES string of the molecule is C[C@@H](C(=O)N[C@H](C(=O)N1Cc2cc(N)ccc2CC1C(=O)N[C@@H]1CCCc2ccccc21)C(C)(C)SCCOC=O)N(C)C(=O)OC(C)(C)C. The number of amides is 4. The number of carbonyl (C=O) groups is 5. The van der Waals surface area contributed by atoms with Crippen LogP contribution in [0.4, 0.5) is 10.5 Å². The second-order valence-electron chi connectivity index (χ2n) is 14.5. The Bertz CT molecular complexity index is 1580. The van der Waals surface area contributed by atoms with Gasteiger partial charge in [-0.1, -0.05) is 30.3 Å². The number of aryl methyl sites for hydroxylation is 1. The van der Waals surface area contributed by atoms with Crippen LogP contribution < -0.4 is 16.4 Å². The van der Waals surface area contributed by atoms with Crippen LogP contribution in [0.5, 0.6) is 0 Å². The minimum absolute atomic E-state index is 0.104. The van der Waals surface area contributed by atoms with E-state index in [4.69, 9.17) is 15.2 Å². The molecule has 4 N–H and O–H groups in total. The minimum Gasteiger partial charge on any atom is -0.467 e. The third kappa shape index (κ3) is 9.49. The first-order valence-electron chi connectivity index (χ1n) is 17.0. The Morgan fingerprint density at radius 2 is 1.80 bits per heavy atom. The van der Waals surface area contributed by atoms with Gasteiger partial charge in [0.2, 0.25) is 17.7 Å². The summed E-state index contributed by atoms with van der Waals surface area (Å²) in [6.45, 7) is 10.9. The predicted molar refractivity (Wildman–Crippen MR) is 193 cm³/mol. The summed E-state index contributed by atoms with van der Waals surface area (Å²) < 4.78 is 9.41. The summed E-state index contributed by atoms with van der Waals surface area (Å²) >= 11 is 1.34. The molecule has 0 saturated carbocycles. The lowest BCUT2D eigenvalue weighted by Crippen LogP contribution is -2.63. The molecule has 0 saturated heterocycles. The number of hydrogen-bond donors (Lipinski definition) is 3. The molecule has 13 heteroatoms. The van der Waals surface area contributed by atoms with E-state index >= 15 is 0 Å². The molecule has 0 aromatic heterocycles. The summed E-state index contributed by atoms with van der Waals surface area (Å²) in [7, 11) is 1.46. The summed E-state index contributed by atoms with van der Waals surface area (Å²) in [4.78, 5) is 69.3. The van der Waals surface area contributed by atoms with E-state index in [1.54, 1.807) is 33.8 Å². The Hall–Kier alpha value is -4.26. The van der Waals surface area contributed by atoms with Crippen molar-refractivity contribution in [3.63, 3.8) is 0 Å². The third-order valence-electron chi connectivity index (χ3n) is 9.25. The molecule has 1 heterocycles. The van der Waals surface area contributed by atoms with Crippen LogP contribution in [0.2, 0.25) is 0 Å². The van der Waals surface area contributed by atoms with Crippen LogP contribution in [-0.4, -0.2) is 88.0 Å². The van der Waals surface area contributed by atoms with Gasteiger partial charge >= 0.3 is 6.09 Å². The molecule has 0 bridgehead atoms. The molecular formula is C37H51N5O7S. The Labute approximate surface area is 299 Å². The monoisotopic (exact) mass is 709 g/mol. The summed E-state index contributed by atoms with van der Waals surface area (Å²) in [6, 6.07) is 10.4. The molecule has 272 valence electrons. The predicted octanol–water partition coefficient (Wildman–Crippen LogP) is 4.14. The highest BCUT2D eigenvalue weighted by molar-refractivity contribution is 8.00. The molecule has 50 heavy (non-hydrogen) atoms. The van der Waals surface area contributed by atoms with Crippen molar-refractivity contribution in [2.75, 3.05) is 25.1 Å². The summed E-state index contributed by atoms with van der Waals surface area (Å²) in [5, 5.41) is 6.16. The number of nitrogens with one attached hydrogen (secondary N) is 2. The van der Waals surface area contributed by atoms with Crippen molar-refractivity contribution in [1.29, 1.82) is 0 Å². The molecule has 4 amide bonds. The van der Waals surface area contributed by atoms with E-state index in [1.165, 1.54) is 34.2 Å². The smallest absolute Gasteiger partial charge is 0.410 e. The lowest BCUT2D eigenvalue weighted by Gasteiger charge is -2.42. The van der Waals surface area contributed by atoms with Gasteiger partial charge < -0.3 is 30.7 Å². The van der Waals surface area contributed by atoms with Crippen LogP contribution >= 0.6 is 11.8 Å². The standard InChI is InChI=1S/C37H51N5O7S/c1-23(41(7)35(47)49-36(2,3)4)32(44)40-31(37(5,6)50-18-17-48-22-43)34(46)42-21-26-19-27(38)16-15-25(26)20-30(42)33(45)39-29-14-10-12-24-11-8-9-13-28(24)29/h8-9,11,13,15-16,19,22-23,29-31H,10,12,14,17-18,20-21,38H2,1-7H3,(H,39,45)(H,40,44)/t23-,29+,30?,31+/m0/s1. The van der Waals surface area contributed by atoms with Gasteiger partial charge in [0, 0.05) is 36.2 Å². The van der Waals surface area contributed by atoms with E-state index in [-0.39, 0.29) is 31.5 Å². The number of ether oxygens (including phenoxy) is 2. The molecule has 1 unspecified atom stereocenters. The van der Waals surface area contributed by atoms with Gasteiger partial charge in [-0.25, -0.2) is 4.79 Å². The first kappa shape index (κ1) is 38.5. The van der Waals surface area contributed by atoms with Gasteiger partial charge in [0.25, 0.3) is 6.47 Å². The molecule has 4 atom stereocenters. The number of rotatable bonds is 12. The summed E-state index contributed by atoms with van der Waals surface area (Å²) in [6.07, 6.45) is 2.24. The molecular weight excluding hydrogens is 659 g/mol. The number of benzene rings is 2. The number of carbonyl (C=O) groups excluding carboxylic acids is 5. The van der Waals surface area contributed by atoms with Gasteiger partial charge in [-0.3, -0.25) is 24.1 Å². The van der Waals surface area contributed by atoms with E-state index in [2.05, 4.69) is 16.7 Å². The fourth-order valence-corrected chi connectivity index (χ4v) is 7.39. The average Bonchev–Trinajstić information content (AvgIpc) is 3.06. The number of nitrogens with zero attached hydrogens (tertiary/aromatic N) is 2. The number of nitrogen functional groups attached to an aromatic ring is 1. The Kier molecular flexibility index (Phi) is 12.5. The number of nitrogens with two attached hydrogens (primary N) is 1. The van der Waals surface area contributed by atoms with E-state index in [1.807, 2.05) is 44.2 Å². The average molecular weight is 710 g/mol. The highest BCUT2D eigenvalue weighted by Crippen LogP contribution is 2.34. The Morgan fingerprint density at radius 1 is 1.08 bits per heavy atom. The largest absolute Gasteiger partial charge is 0.467 e. The Balaban J connectivity index is 1.67. The Morgan fingerprint density at radius 3 is 2.50 bits per heavy atom. The quantitative estimate of drug-likeness (QED) is 0.167. The normalized spacial score (nSPS) is 18.4. The maximum atomic E-state index is 14.9. The molecule has 12 nitrogen and oxygen atoms in total. The second kappa shape index (κ2) is 16.2. The van der Waals surface area contributed by atoms with Gasteiger partial charge in [-0.15, -0.1) is 11.8 Å². The lowest BCUT2D eigenvalue weighted by molar-refractivity contribution is -0.145. The summed E-state index contributed by atoms with van der Waals surface area (Å²) in [5.74, 6) is -0.966. The number of thioether (sulfide) groups is 1. The zero-order valence-corrected chi connectivity index (χ0v) is 30.9. The van der Waals surface area contributed by atoms with Crippen LogP contribution in [0, 0.1) is 0 Å². The van der Waals surface area contributed by atoms with Crippen molar-refractivity contribution in [3.05, 3.63) is 64.7 Å². The molecule has 1 aliphatic carbocycles. The molecule has 2 aromatic carbocycles. The topological polar surface area (TPSA) is 160 Å². The van der Waals surface area contributed by atoms with Crippen molar-refractivity contribution in [1.82, 2.24) is 20.4 Å². The molecule has 0 radical (unpaired) electrons. The minimum atomic E-state index is -1.14. The molecule has 0 fully saturated rings. The number of hydrogen-bond acceptors (Lipinski definition) is 9. The molecule has 4 rings (SSSR count). The number of fused-ring (bicyclic) bond motifs is 2. The van der Waals surface area contributed by atoms with Gasteiger partial charge in [0.05, 0.1) is 6.04 Å². The van der Waals surface area contributed by atoms with Gasteiger partial charge in [0.1, 0.15) is 30.3 Å². The van der Waals surface area contributed by atoms with Crippen LogP contribution in [0.1, 0.15) is 82.7 Å². The molecule has 1 aliphatic heterocycles. The maximum absolute atomic E-state index is 14.9. The van der Waals surface area contributed by atoms with Crippen LogP contribution in [0.15, 0.2) is 42.5 Å². The highest BCUT2D eigenvalue weighted by Gasteiger charge is 2.45. The maximum Gasteiger partial charge on any atom is 0.410 e. The van der Waals surface area contributed by atoms with E-state index in [0.29, 0.717) is 17.9 Å². The zero-order valence-electron chi connectivity index (χ0n) is 30.1. The van der Waals surface area contributed by atoms with Crippen molar-refractivity contribution >= 4 is 47.7 Å². The number of likely N-dealkylation sites (N-methyl/N-ethyl adjacent to an activating group) is 1. The fourth-order valence-electron chi connectivity index (χ4n) is 6.36. The lowest BCUT2D eigenvalue weighted by atomic mass is 9.87. The van der Waals surface area contributed by atoms with Crippen LogP contribution in [0.3, 0.4) is 0 Å². The van der Waals surface area contributed by atoms with Crippen LogP contribution in [0.25, 0.3) is 0 Å². The van der Waals surface area contributed by atoms with Gasteiger partial charge in [-0.2, -0.15) is 0 Å². The van der Waals surface area contributed by atoms with Crippen molar-refractivity contribution in [2.45, 2.75) is 108 Å². The molecule has 0 spiro atoms. The van der Waals surface area contributed by atoms with Gasteiger partial charge in [-0.05, 0) is 95.2 Å². The van der Waals surface area contributed by atoms with Crippen LogP contribution in [-0.2, 0) is 48.0 Å².